The molecule has 1 radical (unpaired) electrons. The van der Waals surface area contributed by atoms with Gasteiger partial charge in [0.1, 0.15) is 6.08 Å². The van der Waals surface area contributed by atoms with E-state index in [0.717, 1.165) is 0 Å². The van der Waals surface area contributed by atoms with Crippen molar-refractivity contribution in [3.63, 3.8) is 0 Å². The van der Waals surface area contributed by atoms with E-state index in [1.54, 1.807) is 0 Å². The molecule has 0 heterocycles. The molecule has 0 amide bonds. The first kappa shape index (κ1) is 5.22. The van der Waals surface area contributed by atoms with Crippen molar-refractivity contribution in [1.82, 2.24) is 0 Å². The largest absolute Gasteiger partial charge is 0.173 e. The van der Waals surface area contributed by atoms with Crippen LogP contribution in [0.15, 0.2) is 18.2 Å². The van der Waals surface area contributed by atoms with Gasteiger partial charge in [-0.3, -0.25) is 0 Å². The van der Waals surface area contributed by atoms with Gasteiger partial charge in [0, 0.05) is 6.92 Å². The van der Waals surface area contributed by atoms with Crippen LogP contribution in [-0.2, 0) is 0 Å². The van der Waals surface area contributed by atoms with Gasteiger partial charge in [0.25, 0.3) is 0 Å². The zero-order valence-corrected chi connectivity index (χ0v) is 3.70. The summed E-state index contributed by atoms with van der Waals surface area (Å²) in [6, 6.07) is 0. The predicted molar refractivity (Wildman–Crippen MR) is 27.7 cm³/mol. The van der Waals surface area contributed by atoms with E-state index in [4.69, 9.17) is 0 Å². The molecule has 0 saturated carbocycles. The second-order valence-corrected chi connectivity index (χ2v) is 0.952. The smallest absolute Gasteiger partial charge is 0.165 e. The summed E-state index contributed by atoms with van der Waals surface area (Å²) >= 11 is 0. The van der Waals surface area contributed by atoms with Crippen LogP contribution < -0.4 is 0 Å². The van der Waals surface area contributed by atoms with Crippen molar-refractivity contribution in [1.29, 1.82) is 0 Å². The first-order valence-corrected chi connectivity index (χ1v) is 1.65. The topological polar surface area (TPSA) is 0 Å². The van der Waals surface area contributed by atoms with Crippen LogP contribution in [0, 0.1) is 19.9 Å². The molecule has 31 valence electrons. The molecule has 0 unspecified atom stereocenters. The third kappa shape index (κ3) is 3.22. The Balaban J connectivity index is 3.30. The lowest BCUT2D eigenvalue weighted by Gasteiger charge is -1.69. The van der Waals surface area contributed by atoms with Crippen molar-refractivity contribution in [3.8, 4) is 0 Å². The van der Waals surface area contributed by atoms with Crippen LogP contribution in [0.5, 0.6) is 0 Å². The summed E-state index contributed by atoms with van der Waals surface area (Å²) in [5, 5.41) is 0. The molecular formula is C6H7. The lowest BCUT2D eigenvalue weighted by Crippen LogP contribution is -1.57. The minimum atomic E-state index is 0.671. The van der Waals surface area contributed by atoms with Crippen molar-refractivity contribution < 1.29 is 0 Å². The highest BCUT2D eigenvalue weighted by Crippen LogP contribution is 1.82. The molecule has 0 aromatic rings. The maximum atomic E-state index is 3.45. The molecule has 0 fully saturated rings. The molecule has 0 aliphatic rings. The molecule has 0 rings (SSSR count). The first-order valence-electron chi connectivity index (χ1n) is 1.65. The summed E-state index contributed by atoms with van der Waals surface area (Å²) < 4.78 is 0. The van der Waals surface area contributed by atoms with Gasteiger partial charge in [-0.2, -0.15) is 13.5 Å². The van der Waals surface area contributed by atoms with E-state index in [9.17, 15) is 0 Å². The zero-order valence-electron chi connectivity index (χ0n) is 3.70. The monoisotopic (exact) mass is 79.1 g/mol. The predicted octanol–water partition coefficient (Wildman–Crippen LogP) is 1.57. The molecule has 0 aliphatic carbocycles. The molecule has 0 N–H and O–H groups in total. The van der Waals surface area contributed by atoms with Crippen LogP contribution in [0.4, 0.5) is 0 Å². The maximum Gasteiger partial charge on any atom is 0.173 e. The van der Waals surface area contributed by atoms with E-state index in [-0.39, 0.29) is 0 Å². The average Bonchev–Trinajstić information content (AvgIpc) is 1.35. The molecule has 0 aromatic carbocycles. The Morgan fingerprint density at radius 1 is 2.00 bits per heavy atom. The summed E-state index contributed by atoms with van der Waals surface area (Å²) in [5.74, 6) is 0. The second kappa shape index (κ2) is 2.46. The molecular weight excluding hydrogens is 72.1 g/mol. The van der Waals surface area contributed by atoms with Gasteiger partial charge in [0.05, 0.1) is 0 Å². The van der Waals surface area contributed by atoms with Crippen LogP contribution >= 0.6 is 0 Å². The third-order valence-corrected chi connectivity index (χ3v) is 0.306. The second-order valence-electron chi connectivity index (χ2n) is 0.952. The fraction of sp³-hybridized carbons (Fsp3) is 0. The summed E-state index contributed by atoms with van der Waals surface area (Å²) in [6.07, 6.45) is 4.20. The Hall–Kier alpha value is -0.780. The summed E-state index contributed by atoms with van der Waals surface area (Å²) in [5.41, 5.74) is 0.671. The highest BCUT2D eigenvalue weighted by molar-refractivity contribution is 5.10. The average molecular weight is 79.1 g/mol. The van der Waals surface area contributed by atoms with Gasteiger partial charge < -0.3 is 0 Å². The Morgan fingerprint density at radius 3 is 2.50 bits per heavy atom. The van der Waals surface area contributed by atoms with Gasteiger partial charge in [-0.1, -0.05) is 0 Å². The molecule has 0 heteroatoms. The molecule has 0 nitrogen and oxygen atoms in total. The number of hydrogen-bond donors (Lipinski definition) is 0. The molecule has 0 aromatic heterocycles. The summed E-state index contributed by atoms with van der Waals surface area (Å²) in [4.78, 5) is 0. The van der Waals surface area contributed by atoms with Crippen LogP contribution in [0.25, 0.3) is 0 Å². The quantitative estimate of drug-likeness (QED) is 0.330. The highest BCUT2D eigenvalue weighted by atomic mass is 13.7. The summed E-state index contributed by atoms with van der Waals surface area (Å²) in [7, 11) is 0. The highest BCUT2D eigenvalue weighted by Gasteiger charge is 1.72. The molecule has 0 aliphatic heterocycles. The van der Waals surface area contributed by atoms with E-state index < -0.39 is 0 Å². The van der Waals surface area contributed by atoms with Crippen molar-refractivity contribution in [2.75, 3.05) is 0 Å². The van der Waals surface area contributed by atoms with Gasteiger partial charge in [0.2, 0.25) is 0 Å². The van der Waals surface area contributed by atoms with E-state index >= 15 is 0 Å². The van der Waals surface area contributed by atoms with Crippen LogP contribution in [0.2, 0.25) is 0 Å². The number of hydrogen-bond acceptors (Lipinski definition) is 0. The molecule has 0 bridgehead atoms. The van der Waals surface area contributed by atoms with E-state index in [2.05, 4.69) is 26.5 Å². The fourth-order valence-corrected chi connectivity index (χ4v) is 0.144. The van der Waals surface area contributed by atoms with E-state index in [1.807, 2.05) is 0 Å². The minimum absolute atomic E-state index is 0.671. The van der Waals surface area contributed by atoms with Gasteiger partial charge in [-0.25, -0.2) is 0 Å². The number of rotatable bonds is 1. The summed E-state index contributed by atoms with van der Waals surface area (Å²) in [6.45, 7) is 10.3. The van der Waals surface area contributed by atoms with Crippen molar-refractivity contribution in [2.45, 2.75) is 0 Å². The Morgan fingerprint density at radius 2 is 2.50 bits per heavy atom. The molecule has 0 saturated heterocycles. The van der Waals surface area contributed by atoms with Crippen molar-refractivity contribution >= 4 is 0 Å². The Bertz CT molecular complexity index is 68.1. The fourth-order valence-electron chi connectivity index (χ4n) is 0.144. The first-order chi connectivity index (χ1) is 2.77. The van der Waals surface area contributed by atoms with E-state index in [0.29, 0.717) is 5.57 Å². The van der Waals surface area contributed by atoms with Gasteiger partial charge in [-0.15, -0.1) is 0 Å². The Labute approximate surface area is 39.2 Å². The molecule has 6 heavy (non-hydrogen) atoms. The van der Waals surface area contributed by atoms with Crippen LogP contribution in [-0.4, -0.2) is 0 Å². The lowest BCUT2D eigenvalue weighted by atomic mass is 10.3. The lowest BCUT2D eigenvalue weighted by molar-refractivity contribution is 1.70. The third-order valence-electron chi connectivity index (χ3n) is 0.306. The van der Waals surface area contributed by atoms with Gasteiger partial charge >= 0.3 is 0 Å². The van der Waals surface area contributed by atoms with Crippen LogP contribution in [0.1, 0.15) is 0 Å². The number of allylic oxidation sites excluding steroid dienone is 3. The standard InChI is InChI=1S/C6H7/c1-4-5-6(2)3/h4H,1-3H2. The van der Waals surface area contributed by atoms with E-state index in [1.165, 1.54) is 6.08 Å². The zero-order chi connectivity index (χ0) is 4.99. The normalized spacial score (nSPS) is 9.33. The molecule has 0 spiro atoms. The minimum Gasteiger partial charge on any atom is -0.165 e. The van der Waals surface area contributed by atoms with Crippen LogP contribution in [0.3, 0.4) is 0 Å². The van der Waals surface area contributed by atoms with Crippen molar-refractivity contribution in [3.05, 3.63) is 38.2 Å². The van der Waals surface area contributed by atoms with Gasteiger partial charge in [0.15, 0.2) is 6.08 Å². The van der Waals surface area contributed by atoms with Gasteiger partial charge in [-0.05, 0) is 5.57 Å². The Kier molecular flexibility index (Phi) is 2.14. The SMILES string of the molecule is C=C([CH2-])[C]=C[CH2+]. The maximum absolute atomic E-state index is 3.45. The van der Waals surface area contributed by atoms with Crippen molar-refractivity contribution in [2.24, 2.45) is 0 Å². The molecule has 0 atom stereocenters.